The van der Waals surface area contributed by atoms with E-state index in [2.05, 4.69) is 26.4 Å². The third kappa shape index (κ3) is 4.15. The van der Waals surface area contributed by atoms with E-state index in [4.69, 9.17) is 14.0 Å². The standard InChI is InChI=1S/C22H21BrN2O4/c1-13-18(14(2)29-25-13)12-28-20-6-4-3-5-16(20)22(26)24-19-9-10-27-21-8-7-15(23)11-17(19)21/h3-8,11,19H,9-10,12H2,1-2H3,(H,24,26). The van der Waals surface area contributed by atoms with Crippen molar-refractivity contribution >= 4 is 21.8 Å². The number of aryl methyl sites for hydroxylation is 2. The van der Waals surface area contributed by atoms with Crippen molar-refractivity contribution < 1.29 is 18.8 Å². The number of hydrogen-bond donors (Lipinski definition) is 1. The number of benzene rings is 2. The summed E-state index contributed by atoms with van der Waals surface area (Å²) in [5.41, 5.74) is 3.13. The summed E-state index contributed by atoms with van der Waals surface area (Å²) in [6, 6.07) is 12.9. The molecule has 1 aliphatic rings. The van der Waals surface area contributed by atoms with Crippen LogP contribution < -0.4 is 14.8 Å². The van der Waals surface area contributed by atoms with Gasteiger partial charge in [0.2, 0.25) is 0 Å². The molecule has 7 heteroatoms. The van der Waals surface area contributed by atoms with Crippen molar-refractivity contribution in [3.63, 3.8) is 0 Å². The SMILES string of the molecule is Cc1noc(C)c1COc1ccccc1C(=O)NC1CCOc2ccc(Br)cc21. The summed E-state index contributed by atoms with van der Waals surface area (Å²) in [6.07, 6.45) is 0.706. The van der Waals surface area contributed by atoms with Crippen molar-refractivity contribution in [2.24, 2.45) is 0 Å². The highest BCUT2D eigenvalue weighted by Gasteiger charge is 2.25. The first-order valence-electron chi connectivity index (χ1n) is 9.39. The normalized spacial score (nSPS) is 15.3. The fraction of sp³-hybridized carbons (Fsp3) is 0.273. The lowest BCUT2D eigenvalue weighted by Crippen LogP contribution is -2.32. The molecule has 0 spiro atoms. The molecule has 150 valence electrons. The number of carbonyl (C=O) groups is 1. The Labute approximate surface area is 177 Å². The molecule has 6 nitrogen and oxygen atoms in total. The van der Waals surface area contributed by atoms with E-state index in [1.165, 1.54) is 0 Å². The molecule has 1 aromatic heterocycles. The van der Waals surface area contributed by atoms with Gasteiger partial charge >= 0.3 is 0 Å². The largest absolute Gasteiger partial charge is 0.493 e. The van der Waals surface area contributed by atoms with Crippen LogP contribution in [0.15, 0.2) is 51.5 Å². The van der Waals surface area contributed by atoms with E-state index in [1.54, 1.807) is 12.1 Å². The molecule has 0 aliphatic carbocycles. The lowest BCUT2D eigenvalue weighted by atomic mass is 10.00. The van der Waals surface area contributed by atoms with Crippen molar-refractivity contribution in [1.82, 2.24) is 10.5 Å². The van der Waals surface area contributed by atoms with Gasteiger partial charge in [-0.15, -0.1) is 0 Å². The van der Waals surface area contributed by atoms with Gasteiger partial charge in [0, 0.05) is 16.5 Å². The summed E-state index contributed by atoms with van der Waals surface area (Å²) >= 11 is 3.49. The molecule has 2 aromatic carbocycles. The number of nitrogens with one attached hydrogen (secondary N) is 1. The molecule has 29 heavy (non-hydrogen) atoms. The van der Waals surface area contributed by atoms with E-state index in [9.17, 15) is 4.79 Å². The highest BCUT2D eigenvalue weighted by atomic mass is 79.9. The predicted molar refractivity (Wildman–Crippen MR) is 111 cm³/mol. The number of halogens is 1. The van der Waals surface area contributed by atoms with Gasteiger partial charge in [0.15, 0.2) is 0 Å². The number of hydrogen-bond acceptors (Lipinski definition) is 5. The van der Waals surface area contributed by atoms with Crippen molar-refractivity contribution in [2.75, 3.05) is 6.61 Å². The summed E-state index contributed by atoms with van der Waals surface area (Å²) in [6.45, 7) is 4.56. The summed E-state index contributed by atoms with van der Waals surface area (Å²) in [5.74, 6) is 1.85. The highest BCUT2D eigenvalue weighted by Crippen LogP contribution is 2.34. The second-order valence-electron chi connectivity index (χ2n) is 6.93. The van der Waals surface area contributed by atoms with E-state index in [-0.39, 0.29) is 11.9 Å². The average Bonchev–Trinajstić information content (AvgIpc) is 3.04. The molecule has 1 aliphatic heterocycles. The molecule has 0 radical (unpaired) electrons. The third-order valence-electron chi connectivity index (χ3n) is 5.00. The molecule has 1 unspecified atom stereocenters. The number of amides is 1. The first-order chi connectivity index (χ1) is 14.0. The molecule has 4 rings (SSSR count). The van der Waals surface area contributed by atoms with Gasteiger partial charge in [0.05, 0.1) is 29.5 Å². The lowest BCUT2D eigenvalue weighted by Gasteiger charge is -2.27. The predicted octanol–water partition coefficient (Wildman–Crippen LogP) is 4.89. The zero-order chi connectivity index (χ0) is 20.4. The Hall–Kier alpha value is -2.80. The summed E-state index contributed by atoms with van der Waals surface area (Å²) in [4.78, 5) is 13.0. The van der Waals surface area contributed by atoms with Crippen LogP contribution in [0.4, 0.5) is 0 Å². The monoisotopic (exact) mass is 456 g/mol. The van der Waals surface area contributed by atoms with Crippen LogP contribution in [0.5, 0.6) is 11.5 Å². The van der Waals surface area contributed by atoms with Gasteiger partial charge in [-0.05, 0) is 44.2 Å². The average molecular weight is 457 g/mol. The molecule has 0 fully saturated rings. The van der Waals surface area contributed by atoms with Crippen LogP contribution in [0.1, 0.15) is 45.4 Å². The Morgan fingerprint density at radius 3 is 2.90 bits per heavy atom. The minimum atomic E-state index is -0.183. The van der Waals surface area contributed by atoms with Gasteiger partial charge in [0.25, 0.3) is 5.91 Å². The summed E-state index contributed by atoms with van der Waals surface area (Å²) in [5, 5.41) is 7.07. The first-order valence-corrected chi connectivity index (χ1v) is 10.2. The molecular weight excluding hydrogens is 436 g/mol. The van der Waals surface area contributed by atoms with Gasteiger partial charge in [0.1, 0.15) is 23.9 Å². The number of ether oxygens (including phenoxy) is 2. The van der Waals surface area contributed by atoms with Crippen molar-refractivity contribution in [2.45, 2.75) is 32.9 Å². The van der Waals surface area contributed by atoms with E-state index >= 15 is 0 Å². The van der Waals surface area contributed by atoms with E-state index in [0.717, 1.165) is 27.0 Å². The highest BCUT2D eigenvalue weighted by molar-refractivity contribution is 9.10. The fourth-order valence-electron chi connectivity index (χ4n) is 3.39. The quantitative estimate of drug-likeness (QED) is 0.591. The third-order valence-corrected chi connectivity index (χ3v) is 5.49. The summed E-state index contributed by atoms with van der Waals surface area (Å²) in [7, 11) is 0. The number of aromatic nitrogens is 1. The Bertz CT molecular complexity index is 1030. The van der Waals surface area contributed by atoms with Gasteiger partial charge in [-0.25, -0.2) is 0 Å². The van der Waals surface area contributed by atoms with Crippen LogP contribution >= 0.6 is 15.9 Å². The Kier molecular flexibility index (Phi) is 5.58. The molecule has 0 saturated heterocycles. The van der Waals surface area contributed by atoms with Crippen LogP contribution in [-0.4, -0.2) is 17.7 Å². The second-order valence-corrected chi connectivity index (χ2v) is 7.85. The molecule has 0 saturated carbocycles. The van der Waals surface area contributed by atoms with Crippen LogP contribution in [0.25, 0.3) is 0 Å². The zero-order valence-corrected chi connectivity index (χ0v) is 17.8. The van der Waals surface area contributed by atoms with Crippen molar-refractivity contribution in [3.05, 3.63) is 75.1 Å². The van der Waals surface area contributed by atoms with Gasteiger partial charge in [-0.1, -0.05) is 33.2 Å². The van der Waals surface area contributed by atoms with Gasteiger partial charge < -0.3 is 19.3 Å². The molecule has 2 heterocycles. The van der Waals surface area contributed by atoms with E-state index in [1.807, 2.05) is 44.2 Å². The molecule has 1 atom stereocenters. The molecule has 3 aromatic rings. The van der Waals surface area contributed by atoms with Gasteiger partial charge in [-0.2, -0.15) is 0 Å². The van der Waals surface area contributed by atoms with Crippen molar-refractivity contribution in [3.8, 4) is 11.5 Å². The van der Waals surface area contributed by atoms with Crippen LogP contribution in [0.3, 0.4) is 0 Å². The Balaban J connectivity index is 1.52. The summed E-state index contributed by atoms with van der Waals surface area (Å²) < 4.78 is 17.8. The molecule has 0 bridgehead atoms. The number of para-hydroxylation sites is 1. The topological polar surface area (TPSA) is 73.6 Å². The van der Waals surface area contributed by atoms with Crippen LogP contribution in [-0.2, 0) is 6.61 Å². The Morgan fingerprint density at radius 1 is 1.28 bits per heavy atom. The minimum absolute atomic E-state index is 0.126. The van der Waals surface area contributed by atoms with Gasteiger partial charge in [-0.3, -0.25) is 4.79 Å². The maximum absolute atomic E-state index is 13.0. The van der Waals surface area contributed by atoms with Crippen LogP contribution in [0.2, 0.25) is 0 Å². The van der Waals surface area contributed by atoms with Crippen molar-refractivity contribution in [1.29, 1.82) is 0 Å². The smallest absolute Gasteiger partial charge is 0.255 e. The number of nitrogens with zero attached hydrogens (tertiary/aromatic N) is 1. The number of rotatable bonds is 5. The molecule has 1 N–H and O–H groups in total. The molecule has 1 amide bonds. The first kappa shape index (κ1) is 19.5. The maximum Gasteiger partial charge on any atom is 0.255 e. The van der Waals surface area contributed by atoms with E-state index in [0.29, 0.717) is 36.7 Å². The molecular formula is C22H21BrN2O4. The number of fused-ring (bicyclic) bond motifs is 1. The number of carbonyl (C=O) groups excluding carboxylic acids is 1. The maximum atomic E-state index is 13.0. The lowest BCUT2D eigenvalue weighted by molar-refractivity contribution is 0.0920. The minimum Gasteiger partial charge on any atom is -0.493 e. The zero-order valence-electron chi connectivity index (χ0n) is 16.2. The van der Waals surface area contributed by atoms with E-state index < -0.39 is 0 Å². The second kappa shape index (κ2) is 8.29. The Morgan fingerprint density at radius 2 is 2.10 bits per heavy atom. The fourth-order valence-corrected chi connectivity index (χ4v) is 3.77. The van der Waals surface area contributed by atoms with Crippen LogP contribution in [0, 0.1) is 13.8 Å².